The van der Waals surface area contributed by atoms with Crippen LogP contribution in [0.3, 0.4) is 0 Å². The molecule has 1 N–H and O–H groups in total. The first-order chi connectivity index (χ1) is 15.0. The second-order valence-corrected chi connectivity index (χ2v) is 10.6. The van der Waals surface area contributed by atoms with Crippen LogP contribution in [0.4, 0.5) is 5.69 Å². The molecule has 2 amide bonds. The van der Waals surface area contributed by atoms with E-state index in [0.717, 1.165) is 27.0 Å². The summed E-state index contributed by atoms with van der Waals surface area (Å²) in [5.74, 6) is -0.790. The number of amides is 2. The van der Waals surface area contributed by atoms with Crippen LogP contribution in [0.25, 0.3) is 0 Å². The van der Waals surface area contributed by atoms with E-state index < -0.39 is 28.5 Å². The Bertz CT molecular complexity index is 1030. The minimum atomic E-state index is -3.76. The van der Waals surface area contributed by atoms with Gasteiger partial charge in [0.1, 0.15) is 12.6 Å². The summed E-state index contributed by atoms with van der Waals surface area (Å²) in [6, 6.07) is 12.8. The number of nitrogens with one attached hydrogen (secondary N) is 1. The molecular weight excluding hydrogens is 518 g/mol. The Hall–Kier alpha value is -2.10. The van der Waals surface area contributed by atoms with Gasteiger partial charge in [-0.05, 0) is 55.3 Å². The van der Waals surface area contributed by atoms with E-state index in [1.54, 1.807) is 19.1 Å². The van der Waals surface area contributed by atoms with E-state index in [4.69, 9.17) is 11.6 Å². The number of rotatable bonds is 10. The van der Waals surface area contributed by atoms with E-state index in [2.05, 4.69) is 21.2 Å². The Kier molecular flexibility index (Phi) is 9.54. The second-order valence-electron chi connectivity index (χ2n) is 7.36. The van der Waals surface area contributed by atoms with Crippen LogP contribution in [0.2, 0.25) is 5.02 Å². The normalized spacial score (nSPS) is 12.2. The standard InChI is InChI=1S/C22H27BrClN3O4S/c1-4-13-25-22(29)16(2)26(14-17-5-7-18(23)8-6-17)21(28)15-27(32(3,30)31)20-11-9-19(24)10-12-20/h5-12,16H,4,13-15H2,1-3H3,(H,25,29). The zero-order chi connectivity index (χ0) is 23.9. The summed E-state index contributed by atoms with van der Waals surface area (Å²) in [6.45, 7) is 3.78. The minimum Gasteiger partial charge on any atom is -0.354 e. The lowest BCUT2D eigenvalue weighted by molar-refractivity contribution is -0.139. The molecule has 7 nitrogen and oxygen atoms in total. The smallest absolute Gasteiger partial charge is 0.244 e. The first-order valence-electron chi connectivity index (χ1n) is 10.1. The molecule has 2 rings (SSSR count). The molecule has 0 aromatic heterocycles. The van der Waals surface area contributed by atoms with E-state index in [-0.39, 0.29) is 12.5 Å². The highest BCUT2D eigenvalue weighted by Crippen LogP contribution is 2.21. The van der Waals surface area contributed by atoms with Gasteiger partial charge in [0.15, 0.2) is 0 Å². The highest BCUT2D eigenvalue weighted by Gasteiger charge is 2.29. The number of halogens is 2. The van der Waals surface area contributed by atoms with Gasteiger partial charge in [-0.25, -0.2) is 8.42 Å². The van der Waals surface area contributed by atoms with E-state index in [1.807, 2.05) is 31.2 Å². The summed E-state index contributed by atoms with van der Waals surface area (Å²) in [7, 11) is -3.76. The van der Waals surface area contributed by atoms with E-state index >= 15 is 0 Å². The van der Waals surface area contributed by atoms with Crippen molar-refractivity contribution in [3.05, 3.63) is 63.6 Å². The minimum absolute atomic E-state index is 0.158. The van der Waals surface area contributed by atoms with Crippen molar-refractivity contribution >= 4 is 55.1 Å². The quantitative estimate of drug-likeness (QED) is 0.493. The molecule has 0 aliphatic carbocycles. The fourth-order valence-corrected chi connectivity index (χ4v) is 4.23. The highest BCUT2D eigenvalue weighted by atomic mass is 79.9. The molecule has 0 saturated carbocycles. The van der Waals surface area contributed by atoms with Gasteiger partial charge in [0.2, 0.25) is 21.8 Å². The number of nitrogens with zero attached hydrogens (tertiary/aromatic N) is 2. The average Bonchev–Trinajstić information content (AvgIpc) is 2.74. The molecule has 0 spiro atoms. The Balaban J connectivity index is 2.34. The van der Waals surface area contributed by atoms with Crippen LogP contribution in [0, 0.1) is 0 Å². The van der Waals surface area contributed by atoms with E-state index in [0.29, 0.717) is 17.3 Å². The van der Waals surface area contributed by atoms with Crippen molar-refractivity contribution in [2.24, 2.45) is 0 Å². The van der Waals surface area contributed by atoms with Crippen LogP contribution in [-0.4, -0.2) is 50.5 Å². The molecule has 0 heterocycles. The van der Waals surface area contributed by atoms with Crippen molar-refractivity contribution in [2.45, 2.75) is 32.9 Å². The fraction of sp³-hybridized carbons (Fsp3) is 0.364. The predicted octanol–water partition coefficient (Wildman–Crippen LogP) is 3.81. The Morgan fingerprint density at radius 3 is 2.22 bits per heavy atom. The van der Waals surface area contributed by atoms with E-state index in [1.165, 1.54) is 17.0 Å². The molecule has 32 heavy (non-hydrogen) atoms. The molecule has 1 atom stereocenters. The van der Waals surface area contributed by atoms with Gasteiger partial charge in [-0.3, -0.25) is 13.9 Å². The van der Waals surface area contributed by atoms with Crippen molar-refractivity contribution in [1.29, 1.82) is 0 Å². The van der Waals surface area contributed by atoms with Crippen LogP contribution in [0.5, 0.6) is 0 Å². The summed E-state index contributed by atoms with van der Waals surface area (Å²) in [4.78, 5) is 27.4. The van der Waals surface area contributed by atoms with Crippen molar-refractivity contribution in [1.82, 2.24) is 10.2 Å². The lowest BCUT2D eigenvalue weighted by Crippen LogP contribution is -2.51. The Morgan fingerprint density at radius 1 is 1.09 bits per heavy atom. The van der Waals surface area contributed by atoms with Gasteiger partial charge in [-0.15, -0.1) is 0 Å². The van der Waals surface area contributed by atoms with Gasteiger partial charge in [-0.1, -0.05) is 46.6 Å². The first-order valence-corrected chi connectivity index (χ1v) is 13.1. The second kappa shape index (κ2) is 11.7. The molecular formula is C22H27BrClN3O4S. The van der Waals surface area contributed by atoms with Gasteiger partial charge in [0.25, 0.3) is 0 Å². The Morgan fingerprint density at radius 2 is 1.69 bits per heavy atom. The molecule has 2 aromatic carbocycles. The third kappa shape index (κ3) is 7.50. The summed E-state index contributed by atoms with van der Waals surface area (Å²) in [6.07, 6.45) is 1.79. The van der Waals surface area contributed by atoms with Gasteiger partial charge < -0.3 is 10.2 Å². The molecule has 10 heteroatoms. The third-order valence-electron chi connectivity index (χ3n) is 4.78. The largest absolute Gasteiger partial charge is 0.354 e. The summed E-state index contributed by atoms with van der Waals surface area (Å²) in [5.41, 5.74) is 1.13. The SMILES string of the molecule is CCCNC(=O)C(C)N(Cc1ccc(Br)cc1)C(=O)CN(c1ccc(Cl)cc1)S(C)(=O)=O. The summed E-state index contributed by atoms with van der Waals surface area (Å²) in [5, 5.41) is 3.25. The lowest BCUT2D eigenvalue weighted by atomic mass is 10.1. The number of hydrogen-bond donors (Lipinski definition) is 1. The average molecular weight is 545 g/mol. The number of sulfonamides is 1. The number of carbonyl (C=O) groups excluding carboxylic acids is 2. The molecule has 0 radical (unpaired) electrons. The number of benzene rings is 2. The molecule has 0 aliphatic heterocycles. The van der Waals surface area contributed by atoms with Crippen molar-refractivity contribution in [2.75, 3.05) is 23.7 Å². The lowest BCUT2D eigenvalue weighted by Gasteiger charge is -2.31. The van der Waals surface area contributed by atoms with Crippen LogP contribution in [-0.2, 0) is 26.2 Å². The maximum Gasteiger partial charge on any atom is 0.244 e. The first kappa shape index (κ1) is 26.2. The zero-order valence-corrected chi connectivity index (χ0v) is 21.4. The Labute approximate surface area is 202 Å². The maximum absolute atomic E-state index is 13.3. The van der Waals surface area contributed by atoms with Crippen molar-refractivity contribution < 1.29 is 18.0 Å². The molecule has 1 unspecified atom stereocenters. The number of anilines is 1. The topological polar surface area (TPSA) is 86.8 Å². The van der Waals surface area contributed by atoms with Gasteiger partial charge >= 0.3 is 0 Å². The van der Waals surface area contributed by atoms with Crippen molar-refractivity contribution in [3.63, 3.8) is 0 Å². The summed E-state index contributed by atoms with van der Waals surface area (Å²) >= 11 is 9.29. The molecule has 0 bridgehead atoms. The van der Waals surface area contributed by atoms with Gasteiger partial charge in [0, 0.05) is 22.6 Å². The predicted molar refractivity (Wildman–Crippen MR) is 131 cm³/mol. The maximum atomic E-state index is 13.3. The monoisotopic (exact) mass is 543 g/mol. The fourth-order valence-electron chi connectivity index (χ4n) is 2.99. The third-order valence-corrected chi connectivity index (χ3v) is 6.70. The molecule has 0 saturated heterocycles. The highest BCUT2D eigenvalue weighted by molar-refractivity contribution is 9.10. The molecule has 174 valence electrons. The van der Waals surface area contributed by atoms with Crippen LogP contribution in [0.15, 0.2) is 53.0 Å². The zero-order valence-electron chi connectivity index (χ0n) is 18.2. The van der Waals surface area contributed by atoms with Gasteiger partial charge in [0.05, 0.1) is 11.9 Å². The van der Waals surface area contributed by atoms with E-state index in [9.17, 15) is 18.0 Å². The van der Waals surface area contributed by atoms with Crippen LogP contribution >= 0.6 is 27.5 Å². The van der Waals surface area contributed by atoms with Crippen LogP contribution in [0.1, 0.15) is 25.8 Å². The van der Waals surface area contributed by atoms with Crippen LogP contribution < -0.4 is 9.62 Å². The van der Waals surface area contributed by atoms with Gasteiger partial charge in [-0.2, -0.15) is 0 Å². The molecule has 0 aliphatic rings. The number of hydrogen-bond acceptors (Lipinski definition) is 4. The number of carbonyl (C=O) groups is 2. The molecule has 2 aromatic rings. The summed E-state index contributed by atoms with van der Waals surface area (Å²) < 4.78 is 26.8. The molecule has 0 fully saturated rings. The van der Waals surface area contributed by atoms with Crippen molar-refractivity contribution in [3.8, 4) is 0 Å².